The summed E-state index contributed by atoms with van der Waals surface area (Å²) in [6.07, 6.45) is 9.12. The van der Waals surface area contributed by atoms with E-state index in [0.29, 0.717) is 6.04 Å². The van der Waals surface area contributed by atoms with Gasteiger partial charge in [-0.05, 0) is 20.3 Å². The van der Waals surface area contributed by atoms with Crippen molar-refractivity contribution in [2.75, 3.05) is 7.11 Å². The number of rotatable bonds is 9. The average Bonchev–Trinajstić information content (AvgIpc) is 2.82. The Kier molecular flexibility index (Phi) is 6.92. The monoisotopic (exact) mass is 267 g/mol. The van der Waals surface area contributed by atoms with Crippen molar-refractivity contribution in [3.8, 4) is 5.75 Å². The molecule has 1 aromatic heterocycles. The molecule has 1 heterocycles. The molecule has 1 rings (SSSR count). The standard InChI is InChI=1S/C15H29N3O/c1-5-6-7-8-9-10-13(16)15-14(19-4)11-17-18(15)12(2)3/h11-13H,5-10,16H2,1-4H3. The number of ether oxygens (including phenoxy) is 1. The van der Waals surface area contributed by atoms with Crippen LogP contribution in [0.3, 0.4) is 0 Å². The maximum atomic E-state index is 6.33. The van der Waals surface area contributed by atoms with Crippen LogP contribution in [0.25, 0.3) is 0 Å². The molecule has 0 fully saturated rings. The second-order valence-electron chi connectivity index (χ2n) is 5.45. The van der Waals surface area contributed by atoms with E-state index in [1.54, 1.807) is 13.3 Å². The molecular formula is C15H29N3O. The predicted octanol–water partition coefficient (Wildman–Crippen LogP) is 3.83. The number of aromatic nitrogens is 2. The zero-order chi connectivity index (χ0) is 14.3. The smallest absolute Gasteiger partial charge is 0.161 e. The summed E-state index contributed by atoms with van der Waals surface area (Å²) in [5, 5.41) is 4.38. The van der Waals surface area contributed by atoms with Gasteiger partial charge in [0.15, 0.2) is 5.75 Å². The molecule has 0 aliphatic carbocycles. The van der Waals surface area contributed by atoms with Gasteiger partial charge in [-0.25, -0.2) is 0 Å². The lowest BCUT2D eigenvalue weighted by Crippen LogP contribution is -2.18. The molecule has 1 aromatic rings. The van der Waals surface area contributed by atoms with Crippen LogP contribution in [0.4, 0.5) is 0 Å². The quantitative estimate of drug-likeness (QED) is 0.692. The van der Waals surface area contributed by atoms with Gasteiger partial charge in [-0.3, -0.25) is 4.68 Å². The average molecular weight is 267 g/mol. The lowest BCUT2D eigenvalue weighted by molar-refractivity contribution is 0.391. The first-order valence-corrected chi connectivity index (χ1v) is 7.48. The van der Waals surface area contributed by atoms with E-state index in [0.717, 1.165) is 17.9 Å². The molecule has 110 valence electrons. The van der Waals surface area contributed by atoms with Crippen LogP contribution in [0.5, 0.6) is 5.75 Å². The summed E-state index contributed by atoms with van der Waals surface area (Å²) >= 11 is 0. The number of nitrogens with zero attached hydrogens (tertiary/aromatic N) is 2. The highest BCUT2D eigenvalue weighted by Crippen LogP contribution is 2.29. The Morgan fingerprint density at radius 2 is 1.95 bits per heavy atom. The Balaban J connectivity index is 2.59. The number of unbranched alkanes of at least 4 members (excludes halogenated alkanes) is 4. The van der Waals surface area contributed by atoms with Gasteiger partial charge in [-0.1, -0.05) is 39.0 Å². The Hall–Kier alpha value is -1.03. The van der Waals surface area contributed by atoms with E-state index >= 15 is 0 Å². The van der Waals surface area contributed by atoms with E-state index < -0.39 is 0 Å². The van der Waals surface area contributed by atoms with Gasteiger partial charge in [0.05, 0.1) is 25.0 Å². The van der Waals surface area contributed by atoms with Gasteiger partial charge in [-0.15, -0.1) is 0 Å². The second-order valence-corrected chi connectivity index (χ2v) is 5.45. The van der Waals surface area contributed by atoms with E-state index in [4.69, 9.17) is 10.5 Å². The van der Waals surface area contributed by atoms with Crippen LogP contribution in [0.15, 0.2) is 6.20 Å². The molecule has 2 N–H and O–H groups in total. The van der Waals surface area contributed by atoms with E-state index in [1.165, 1.54) is 32.1 Å². The lowest BCUT2D eigenvalue weighted by Gasteiger charge is -2.18. The predicted molar refractivity (Wildman–Crippen MR) is 79.5 cm³/mol. The molecule has 0 aromatic carbocycles. The van der Waals surface area contributed by atoms with Crippen LogP contribution >= 0.6 is 0 Å². The number of nitrogens with two attached hydrogens (primary N) is 1. The van der Waals surface area contributed by atoms with Crippen molar-refractivity contribution in [2.24, 2.45) is 5.73 Å². The minimum Gasteiger partial charge on any atom is -0.493 e. The van der Waals surface area contributed by atoms with Crippen molar-refractivity contribution in [3.63, 3.8) is 0 Å². The zero-order valence-corrected chi connectivity index (χ0v) is 12.9. The van der Waals surface area contributed by atoms with Gasteiger partial charge >= 0.3 is 0 Å². The highest BCUT2D eigenvalue weighted by Gasteiger charge is 2.19. The largest absolute Gasteiger partial charge is 0.493 e. The molecule has 4 nitrogen and oxygen atoms in total. The molecule has 0 bridgehead atoms. The van der Waals surface area contributed by atoms with Gasteiger partial charge in [-0.2, -0.15) is 5.10 Å². The van der Waals surface area contributed by atoms with E-state index in [2.05, 4.69) is 25.9 Å². The van der Waals surface area contributed by atoms with Gasteiger partial charge < -0.3 is 10.5 Å². The second kappa shape index (κ2) is 8.20. The van der Waals surface area contributed by atoms with E-state index in [9.17, 15) is 0 Å². The third-order valence-corrected chi connectivity index (χ3v) is 3.48. The Morgan fingerprint density at radius 3 is 2.53 bits per heavy atom. The molecule has 19 heavy (non-hydrogen) atoms. The van der Waals surface area contributed by atoms with Gasteiger partial charge in [0.25, 0.3) is 0 Å². The molecule has 0 amide bonds. The maximum absolute atomic E-state index is 6.33. The SMILES string of the molecule is CCCCCCCC(N)c1c(OC)cnn1C(C)C. The Labute approximate surface area is 117 Å². The number of hydrogen-bond donors (Lipinski definition) is 1. The highest BCUT2D eigenvalue weighted by molar-refractivity contribution is 5.28. The minimum atomic E-state index is 0.0153. The molecule has 0 aliphatic heterocycles. The third-order valence-electron chi connectivity index (χ3n) is 3.48. The zero-order valence-electron chi connectivity index (χ0n) is 12.9. The topological polar surface area (TPSA) is 53.1 Å². The lowest BCUT2D eigenvalue weighted by atomic mass is 10.0. The van der Waals surface area contributed by atoms with Crippen molar-refractivity contribution in [1.82, 2.24) is 9.78 Å². The highest BCUT2D eigenvalue weighted by atomic mass is 16.5. The van der Waals surface area contributed by atoms with Gasteiger partial charge in [0.2, 0.25) is 0 Å². The Bertz CT molecular complexity index is 360. The third kappa shape index (κ3) is 4.53. The van der Waals surface area contributed by atoms with Crippen molar-refractivity contribution in [1.29, 1.82) is 0 Å². The fourth-order valence-corrected chi connectivity index (χ4v) is 2.38. The summed E-state index contributed by atoms with van der Waals surface area (Å²) in [5.74, 6) is 0.815. The minimum absolute atomic E-state index is 0.0153. The summed E-state index contributed by atoms with van der Waals surface area (Å²) in [6, 6.07) is 0.325. The first-order chi connectivity index (χ1) is 9.11. The summed E-state index contributed by atoms with van der Waals surface area (Å²) in [4.78, 5) is 0. The normalized spacial score (nSPS) is 12.9. The van der Waals surface area contributed by atoms with E-state index in [1.807, 2.05) is 4.68 Å². The molecule has 1 unspecified atom stereocenters. The van der Waals surface area contributed by atoms with Gasteiger partial charge in [0, 0.05) is 6.04 Å². The van der Waals surface area contributed by atoms with Crippen molar-refractivity contribution < 1.29 is 4.74 Å². The molecule has 0 radical (unpaired) electrons. The van der Waals surface area contributed by atoms with E-state index in [-0.39, 0.29) is 6.04 Å². The number of methoxy groups -OCH3 is 1. The van der Waals surface area contributed by atoms with Crippen molar-refractivity contribution in [3.05, 3.63) is 11.9 Å². The van der Waals surface area contributed by atoms with Crippen molar-refractivity contribution >= 4 is 0 Å². The summed E-state index contributed by atoms with van der Waals surface area (Å²) in [5.41, 5.74) is 7.36. The summed E-state index contributed by atoms with van der Waals surface area (Å²) in [6.45, 7) is 6.46. The molecule has 1 atom stereocenters. The molecular weight excluding hydrogens is 238 g/mol. The van der Waals surface area contributed by atoms with Crippen LogP contribution < -0.4 is 10.5 Å². The van der Waals surface area contributed by atoms with Crippen LogP contribution in [0.1, 0.15) is 77.1 Å². The van der Waals surface area contributed by atoms with Gasteiger partial charge in [0.1, 0.15) is 0 Å². The first kappa shape index (κ1) is 16.0. The molecule has 0 saturated carbocycles. The summed E-state index contributed by atoms with van der Waals surface area (Å²) < 4.78 is 7.36. The fourth-order valence-electron chi connectivity index (χ4n) is 2.38. The summed E-state index contributed by atoms with van der Waals surface area (Å²) in [7, 11) is 1.68. The van der Waals surface area contributed by atoms with Crippen LogP contribution in [-0.2, 0) is 0 Å². The van der Waals surface area contributed by atoms with Crippen LogP contribution in [-0.4, -0.2) is 16.9 Å². The molecule has 0 spiro atoms. The first-order valence-electron chi connectivity index (χ1n) is 7.48. The maximum Gasteiger partial charge on any atom is 0.161 e. The molecule has 0 aliphatic rings. The Morgan fingerprint density at radius 1 is 1.26 bits per heavy atom. The van der Waals surface area contributed by atoms with Crippen LogP contribution in [0, 0.1) is 0 Å². The fraction of sp³-hybridized carbons (Fsp3) is 0.800. The molecule has 4 heteroatoms. The van der Waals surface area contributed by atoms with Crippen LogP contribution in [0.2, 0.25) is 0 Å². The number of hydrogen-bond acceptors (Lipinski definition) is 3. The molecule has 0 saturated heterocycles. The van der Waals surface area contributed by atoms with Crippen molar-refractivity contribution in [2.45, 2.75) is 71.4 Å².